The van der Waals surface area contributed by atoms with Gasteiger partial charge in [0.1, 0.15) is 5.75 Å². The van der Waals surface area contributed by atoms with Gasteiger partial charge in [-0.05, 0) is 24.1 Å². The Hall–Kier alpha value is -1.72. The summed E-state index contributed by atoms with van der Waals surface area (Å²) in [6.45, 7) is 1.65. The highest BCUT2D eigenvalue weighted by atomic mass is 19.4. The van der Waals surface area contributed by atoms with Crippen LogP contribution in [0.2, 0.25) is 0 Å². The van der Waals surface area contributed by atoms with Crippen LogP contribution in [0, 0.1) is 0 Å². The summed E-state index contributed by atoms with van der Waals surface area (Å²) in [6.07, 6.45) is -4.48. The number of ether oxygens (including phenoxy) is 1. The minimum atomic E-state index is -4.77. The quantitative estimate of drug-likeness (QED) is 0.890. The molecule has 0 heterocycles. The van der Waals surface area contributed by atoms with Crippen molar-refractivity contribution in [3.63, 3.8) is 0 Å². The van der Waals surface area contributed by atoms with Crippen molar-refractivity contribution in [2.24, 2.45) is 0 Å². The maximum absolute atomic E-state index is 12.0. The Morgan fingerprint density at radius 3 is 2.59 bits per heavy atom. The van der Waals surface area contributed by atoms with Crippen LogP contribution in [0.5, 0.6) is 5.75 Å². The Labute approximate surface area is 95.8 Å². The molecule has 17 heavy (non-hydrogen) atoms. The lowest BCUT2D eigenvalue weighted by atomic mass is 9.97. The molecular formula is C11H11F3O3. The highest BCUT2D eigenvalue weighted by molar-refractivity contribution is 5.76. The average Bonchev–Trinajstić information content (AvgIpc) is 2.15. The van der Waals surface area contributed by atoms with Gasteiger partial charge in [-0.15, -0.1) is 13.2 Å². The number of carboxylic acid groups (broad SMARTS) is 1. The summed E-state index contributed by atoms with van der Waals surface area (Å²) in [5, 5.41) is 8.89. The van der Waals surface area contributed by atoms with Crippen LogP contribution in [-0.2, 0) is 4.79 Å². The van der Waals surface area contributed by atoms with Crippen molar-refractivity contribution in [3.8, 4) is 5.75 Å². The summed E-state index contributed by atoms with van der Waals surface area (Å²) >= 11 is 0. The molecular weight excluding hydrogens is 237 g/mol. The molecule has 0 fully saturated rings. The van der Waals surface area contributed by atoms with Crippen LogP contribution in [0.1, 0.15) is 24.8 Å². The zero-order valence-electron chi connectivity index (χ0n) is 8.99. The number of aliphatic carboxylic acids is 1. The fourth-order valence-electron chi connectivity index (χ4n) is 1.48. The van der Waals surface area contributed by atoms with Gasteiger partial charge >= 0.3 is 12.3 Å². The van der Waals surface area contributed by atoms with Crippen LogP contribution >= 0.6 is 0 Å². The van der Waals surface area contributed by atoms with Gasteiger partial charge < -0.3 is 9.84 Å². The molecule has 3 nitrogen and oxygen atoms in total. The van der Waals surface area contributed by atoms with Crippen LogP contribution in [0.25, 0.3) is 0 Å². The van der Waals surface area contributed by atoms with Crippen molar-refractivity contribution in [3.05, 3.63) is 29.8 Å². The third-order valence-corrected chi connectivity index (χ3v) is 2.20. The number of carbonyl (C=O) groups is 1. The predicted molar refractivity (Wildman–Crippen MR) is 53.8 cm³/mol. The third kappa shape index (κ3) is 3.97. The summed E-state index contributed by atoms with van der Waals surface area (Å²) < 4.78 is 39.7. The molecule has 1 rings (SSSR count). The van der Waals surface area contributed by atoms with E-state index in [0.29, 0.717) is 12.0 Å². The number of halogens is 3. The van der Waals surface area contributed by atoms with Gasteiger partial charge in [-0.25, -0.2) is 0 Å². The molecule has 1 aromatic rings. The SMILES string of the molecule is CCC(C(=O)O)c1cccc(OC(F)(F)F)c1. The molecule has 1 unspecified atom stereocenters. The fraction of sp³-hybridized carbons (Fsp3) is 0.364. The van der Waals surface area contributed by atoms with Crippen LogP contribution in [-0.4, -0.2) is 17.4 Å². The molecule has 0 bridgehead atoms. The lowest BCUT2D eigenvalue weighted by Gasteiger charge is -2.13. The topological polar surface area (TPSA) is 46.5 Å². The molecule has 0 saturated carbocycles. The molecule has 0 spiro atoms. The van der Waals surface area contributed by atoms with E-state index in [1.165, 1.54) is 12.1 Å². The molecule has 1 aromatic carbocycles. The minimum Gasteiger partial charge on any atom is -0.481 e. The molecule has 0 aromatic heterocycles. The first-order valence-corrected chi connectivity index (χ1v) is 4.92. The predicted octanol–water partition coefficient (Wildman–Crippen LogP) is 3.16. The highest BCUT2D eigenvalue weighted by Crippen LogP contribution is 2.27. The second-order valence-electron chi connectivity index (χ2n) is 3.42. The van der Waals surface area contributed by atoms with Crippen LogP contribution < -0.4 is 4.74 Å². The third-order valence-electron chi connectivity index (χ3n) is 2.20. The summed E-state index contributed by atoms with van der Waals surface area (Å²) in [7, 11) is 0. The second-order valence-corrected chi connectivity index (χ2v) is 3.42. The lowest BCUT2D eigenvalue weighted by Crippen LogP contribution is -2.17. The molecule has 0 aliphatic carbocycles. The first-order chi connectivity index (χ1) is 7.83. The van der Waals surface area contributed by atoms with E-state index in [1.54, 1.807) is 6.92 Å². The van der Waals surface area contributed by atoms with E-state index in [1.807, 2.05) is 0 Å². The van der Waals surface area contributed by atoms with Gasteiger partial charge in [0.05, 0.1) is 5.92 Å². The Kier molecular flexibility index (Phi) is 3.98. The Balaban J connectivity index is 2.96. The molecule has 6 heteroatoms. The molecule has 0 radical (unpaired) electrons. The molecule has 0 aliphatic rings. The van der Waals surface area contributed by atoms with Crippen LogP contribution in [0.4, 0.5) is 13.2 Å². The number of hydrogen-bond acceptors (Lipinski definition) is 2. The molecule has 0 saturated heterocycles. The highest BCUT2D eigenvalue weighted by Gasteiger charge is 2.31. The second kappa shape index (κ2) is 5.07. The monoisotopic (exact) mass is 248 g/mol. The number of carboxylic acids is 1. The van der Waals surface area contributed by atoms with Crippen molar-refractivity contribution in [1.29, 1.82) is 0 Å². The van der Waals surface area contributed by atoms with E-state index in [9.17, 15) is 18.0 Å². The number of hydrogen-bond donors (Lipinski definition) is 1. The van der Waals surface area contributed by atoms with E-state index in [-0.39, 0.29) is 0 Å². The van der Waals surface area contributed by atoms with Crippen molar-refractivity contribution in [1.82, 2.24) is 0 Å². The van der Waals surface area contributed by atoms with Gasteiger partial charge in [0.25, 0.3) is 0 Å². The number of benzene rings is 1. The Morgan fingerprint density at radius 1 is 1.47 bits per heavy atom. The van der Waals surface area contributed by atoms with Gasteiger partial charge in [0, 0.05) is 0 Å². The standard InChI is InChI=1S/C11H11F3O3/c1-2-9(10(15)16)7-4-3-5-8(6-7)17-11(12,13)14/h3-6,9H,2H2,1H3,(H,15,16). The smallest absolute Gasteiger partial charge is 0.481 e. The van der Waals surface area contributed by atoms with Crippen molar-refractivity contribution in [2.75, 3.05) is 0 Å². The molecule has 0 amide bonds. The molecule has 94 valence electrons. The van der Waals surface area contributed by atoms with E-state index in [2.05, 4.69) is 4.74 Å². The van der Waals surface area contributed by atoms with Crippen molar-refractivity contribution < 1.29 is 27.8 Å². The van der Waals surface area contributed by atoms with E-state index in [4.69, 9.17) is 5.11 Å². The largest absolute Gasteiger partial charge is 0.573 e. The van der Waals surface area contributed by atoms with E-state index in [0.717, 1.165) is 12.1 Å². The lowest BCUT2D eigenvalue weighted by molar-refractivity contribution is -0.274. The maximum Gasteiger partial charge on any atom is 0.573 e. The maximum atomic E-state index is 12.0. The van der Waals surface area contributed by atoms with Crippen LogP contribution in [0.15, 0.2) is 24.3 Å². The zero-order valence-corrected chi connectivity index (χ0v) is 8.99. The van der Waals surface area contributed by atoms with Crippen molar-refractivity contribution in [2.45, 2.75) is 25.6 Å². The van der Waals surface area contributed by atoms with E-state index < -0.39 is 24.0 Å². The average molecular weight is 248 g/mol. The molecule has 1 atom stereocenters. The molecule has 1 N–H and O–H groups in total. The first kappa shape index (κ1) is 13.3. The van der Waals surface area contributed by atoms with Gasteiger partial charge in [0.2, 0.25) is 0 Å². The molecule has 0 aliphatic heterocycles. The minimum absolute atomic E-state index is 0.293. The Morgan fingerprint density at radius 2 is 2.12 bits per heavy atom. The van der Waals surface area contributed by atoms with Gasteiger partial charge in [-0.2, -0.15) is 0 Å². The fourth-order valence-corrected chi connectivity index (χ4v) is 1.48. The summed E-state index contributed by atoms with van der Waals surface area (Å²) in [6, 6.07) is 5.02. The first-order valence-electron chi connectivity index (χ1n) is 4.92. The number of rotatable bonds is 4. The van der Waals surface area contributed by atoms with E-state index >= 15 is 0 Å². The zero-order chi connectivity index (χ0) is 13.1. The summed E-state index contributed by atoms with van der Waals surface area (Å²) in [4.78, 5) is 10.9. The van der Waals surface area contributed by atoms with Gasteiger partial charge in [0.15, 0.2) is 0 Å². The summed E-state index contributed by atoms with van der Waals surface area (Å²) in [5.41, 5.74) is 0.293. The number of alkyl halides is 3. The van der Waals surface area contributed by atoms with Gasteiger partial charge in [-0.1, -0.05) is 19.1 Å². The van der Waals surface area contributed by atoms with Gasteiger partial charge in [-0.3, -0.25) is 4.79 Å². The normalized spacial score (nSPS) is 13.2. The van der Waals surface area contributed by atoms with Crippen LogP contribution in [0.3, 0.4) is 0 Å². The summed E-state index contributed by atoms with van der Waals surface area (Å²) in [5.74, 6) is -2.31. The Bertz CT molecular complexity index is 401. The van der Waals surface area contributed by atoms with Crippen molar-refractivity contribution >= 4 is 5.97 Å².